The molecule has 0 spiro atoms. The maximum Gasteiger partial charge on any atom is 0.246 e. The van der Waals surface area contributed by atoms with Gasteiger partial charge in [-0.2, -0.15) is 0 Å². The highest BCUT2D eigenvalue weighted by molar-refractivity contribution is 6.37. The van der Waals surface area contributed by atoms with Crippen LogP contribution in [0.3, 0.4) is 0 Å². The maximum atomic E-state index is 12.2. The standard InChI is InChI=1S/C15H18Cl2N2O/c1-19(11-7-9-18-10-8-11)15(20)6-5-12-13(16)3-2-4-14(12)17/h2-6,11,18H,7-10H2,1H3. The monoisotopic (exact) mass is 312 g/mol. The van der Waals surface area contributed by atoms with Crippen LogP contribution in [0.5, 0.6) is 0 Å². The van der Waals surface area contributed by atoms with Gasteiger partial charge in [0, 0.05) is 34.8 Å². The van der Waals surface area contributed by atoms with Crippen molar-refractivity contribution in [1.82, 2.24) is 10.2 Å². The van der Waals surface area contributed by atoms with Gasteiger partial charge in [0.2, 0.25) is 5.91 Å². The fourth-order valence-corrected chi connectivity index (χ4v) is 2.84. The van der Waals surface area contributed by atoms with E-state index in [1.54, 1.807) is 29.2 Å². The largest absolute Gasteiger partial charge is 0.339 e. The van der Waals surface area contributed by atoms with Gasteiger partial charge in [0.1, 0.15) is 0 Å². The number of carbonyl (C=O) groups excluding carboxylic acids is 1. The van der Waals surface area contributed by atoms with Gasteiger partial charge in [-0.1, -0.05) is 29.3 Å². The van der Waals surface area contributed by atoms with Crippen LogP contribution in [-0.4, -0.2) is 37.0 Å². The number of rotatable bonds is 3. The van der Waals surface area contributed by atoms with Crippen LogP contribution in [0.2, 0.25) is 10.0 Å². The molecule has 0 saturated carbocycles. The van der Waals surface area contributed by atoms with Crippen LogP contribution in [0.4, 0.5) is 0 Å². The molecule has 1 saturated heterocycles. The van der Waals surface area contributed by atoms with Gasteiger partial charge < -0.3 is 10.2 Å². The second kappa shape index (κ2) is 7.11. The number of halogens is 2. The minimum absolute atomic E-state index is 0.0205. The second-order valence-corrected chi connectivity index (χ2v) is 5.71. The molecule has 0 aromatic heterocycles. The number of hydrogen-bond acceptors (Lipinski definition) is 2. The van der Waals surface area contributed by atoms with Crippen molar-refractivity contribution < 1.29 is 4.79 Å². The molecule has 3 nitrogen and oxygen atoms in total. The molecule has 1 fully saturated rings. The first-order valence-electron chi connectivity index (χ1n) is 6.69. The zero-order chi connectivity index (χ0) is 14.5. The summed E-state index contributed by atoms with van der Waals surface area (Å²) in [4.78, 5) is 14.0. The topological polar surface area (TPSA) is 32.3 Å². The number of nitrogens with zero attached hydrogens (tertiary/aromatic N) is 1. The van der Waals surface area contributed by atoms with Crippen molar-refractivity contribution in [2.45, 2.75) is 18.9 Å². The average Bonchev–Trinajstić information content (AvgIpc) is 2.46. The first kappa shape index (κ1) is 15.4. The molecule has 108 valence electrons. The lowest BCUT2D eigenvalue weighted by Gasteiger charge is -2.30. The number of hydrogen-bond donors (Lipinski definition) is 1. The Balaban J connectivity index is 2.05. The van der Waals surface area contributed by atoms with Crippen LogP contribution in [0, 0.1) is 0 Å². The van der Waals surface area contributed by atoms with Crippen LogP contribution in [0.15, 0.2) is 24.3 Å². The molecule has 0 bridgehead atoms. The summed E-state index contributed by atoms with van der Waals surface area (Å²) in [6, 6.07) is 5.60. The Morgan fingerprint density at radius 2 is 1.90 bits per heavy atom. The number of piperidine rings is 1. The Morgan fingerprint density at radius 3 is 2.50 bits per heavy atom. The normalized spacial score (nSPS) is 16.6. The highest BCUT2D eigenvalue weighted by Gasteiger charge is 2.20. The molecule has 0 radical (unpaired) electrons. The van der Waals surface area contributed by atoms with Gasteiger partial charge >= 0.3 is 0 Å². The predicted octanol–water partition coefficient (Wildman–Crippen LogP) is 3.22. The van der Waals surface area contributed by atoms with Crippen molar-refractivity contribution in [3.63, 3.8) is 0 Å². The maximum absolute atomic E-state index is 12.2. The van der Waals surface area contributed by atoms with E-state index in [-0.39, 0.29) is 5.91 Å². The molecule has 1 N–H and O–H groups in total. The molecule has 0 unspecified atom stereocenters. The third-order valence-corrected chi connectivity index (χ3v) is 4.26. The number of amides is 1. The number of carbonyl (C=O) groups is 1. The first-order valence-corrected chi connectivity index (χ1v) is 7.45. The van der Waals surface area contributed by atoms with Crippen LogP contribution in [0.25, 0.3) is 6.08 Å². The first-order chi connectivity index (χ1) is 9.59. The van der Waals surface area contributed by atoms with E-state index in [1.807, 2.05) is 7.05 Å². The molecule has 1 aromatic rings. The molecule has 1 heterocycles. The average molecular weight is 313 g/mol. The van der Waals surface area contributed by atoms with Crippen LogP contribution >= 0.6 is 23.2 Å². The van der Waals surface area contributed by atoms with Gasteiger partial charge in [0.05, 0.1) is 0 Å². The fraction of sp³-hybridized carbons (Fsp3) is 0.400. The zero-order valence-corrected chi connectivity index (χ0v) is 12.9. The molecule has 1 aromatic carbocycles. The zero-order valence-electron chi connectivity index (χ0n) is 11.4. The SMILES string of the molecule is CN(C(=O)C=Cc1c(Cl)cccc1Cl)C1CCNCC1. The Bertz CT molecular complexity index is 490. The molecule has 1 amide bonds. The van der Waals surface area contributed by atoms with Gasteiger partial charge in [-0.25, -0.2) is 0 Å². The third-order valence-electron chi connectivity index (χ3n) is 3.60. The van der Waals surface area contributed by atoms with Crippen molar-refractivity contribution in [3.05, 3.63) is 39.9 Å². The molecule has 0 atom stereocenters. The minimum atomic E-state index is -0.0205. The molecule has 1 aliphatic heterocycles. The third kappa shape index (κ3) is 3.75. The molecule has 1 aliphatic rings. The van der Waals surface area contributed by atoms with E-state index in [0.29, 0.717) is 21.7 Å². The Morgan fingerprint density at radius 1 is 1.30 bits per heavy atom. The van der Waals surface area contributed by atoms with Crippen molar-refractivity contribution in [3.8, 4) is 0 Å². The lowest BCUT2D eigenvalue weighted by molar-refractivity contribution is -0.127. The van der Waals surface area contributed by atoms with Gasteiger partial charge in [0.15, 0.2) is 0 Å². The van der Waals surface area contributed by atoms with Gasteiger partial charge in [-0.15, -0.1) is 0 Å². The predicted molar refractivity (Wildman–Crippen MR) is 84.2 cm³/mol. The van der Waals surface area contributed by atoms with E-state index in [1.165, 1.54) is 6.08 Å². The van der Waals surface area contributed by atoms with E-state index < -0.39 is 0 Å². The molecular weight excluding hydrogens is 295 g/mol. The van der Waals surface area contributed by atoms with E-state index >= 15 is 0 Å². The summed E-state index contributed by atoms with van der Waals surface area (Å²) < 4.78 is 0. The summed E-state index contributed by atoms with van der Waals surface area (Å²) >= 11 is 12.1. The minimum Gasteiger partial charge on any atom is -0.339 e. The summed E-state index contributed by atoms with van der Waals surface area (Å²) in [5, 5.41) is 4.38. The van der Waals surface area contributed by atoms with Gasteiger partial charge in [0.25, 0.3) is 0 Å². The number of nitrogens with one attached hydrogen (secondary N) is 1. The molecule has 5 heteroatoms. The van der Waals surface area contributed by atoms with Crippen molar-refractivity contribution in [1.29, 1.82) is 0 Å². The van der Waals surface area contributed by atoms with Gasteiger partial charge in [-0.05, 0) is 44.1 Å². The molecule has 20 heavy (non-hydrogen) atoms. The van der Waals surface area contributed by atoms with E-state index in [4.69, 9.17) is 23.2 Å². The van der Waals surface area contributed by atoms with Gasteiger partial charge in [-0.3, -0.25) is 4.79 Å². The van der Waals surface area contributed by atoms with Crippen molar-refractivity contribution in [2.75, 3.05) is 20.1 Å². The van der Waals surface area contributed by atoms with Crippen molar-refractivity contribution >= 4 is 35.2 Å². The number of likely N-dealkylation sites (N-methyl/N-ethyl adjacent to an activating group) is 1. The van der Waals surface area contributed by atoms with Crippen LogP contribution in [0.1, 0.15) is 18.4 Å². The summed E-state index contributed by atoms with van der Waals surface area (Å²) in [6.07, 6.45) is 5.20. The Labute approximate surface area is 129 Å². The lowest BCUT2D eigenvalue weighted by Crippen LogP contribution is -2.43. The summed E-state index contributed by atoms with van der Waals surface area (Å²) in [5.74, 6) is -0.0205. The highest BCUT2D eigenvalue weighted by atomic mass is 35.5. The summed E-state index contributed by atoms with van der Waals surface area (Å²) in [5.41, 5.74) is 0.683. The highest BCUT2D eigenvalue weighted by Crippen LogP contribution is 2.25. The number of benzene rings is 1. The van der Waals surface area contributed by atoms with Crippen LogP contribution in [-0.2, 0) is 4.79 Å². The van der Waals surface area contributed by atoms with E-state index in [0.717, 1.165) is 25.9 Å². The summed E-state index contributed by atoms with van der Waals surface area (Å²) in [6.45, 7) is 1.92. The fourth-order valence-electron chi connectivity index (χ4n) is 2.32. The molecular formula is C15H18Cl2N2O. The smallest absolute Gasteiger partial charge is 0.246 e. The Kier molecular flexibility index (Phi) is 5.46. The molecule has 0 aliphatic carbocycles. The Hall–Kier alpha value is -1.03. The van der Waals surface area contributed by atoms with E-state index in [2.05, 4.69) is 5.32 Å². The second-order valence-electron chi connectivity index (χ2n) is 4.90. The summed E-state index contributed by atoms with van der Waals surface area (Å²) in [7, 11) is 1.84. The van der Waals surface area contributed by atoms with Crippen LogP contribution < -0.4 is 5.32 Å². The van der Waals surface area contributed by atoms with Crippen molar-refractivity contribution in [2.24, 2.45) is 0 Å². The van der Waals surface area contributed by atoms with E-state index in [9.17, 15) is 4.79 Å². The molecule has 2 rings (SSSR count). The quantitative estimate of drug-likeness (QED) is 0.869. The lowest BCUT2D eigenvalue weighted by atomic mass is 10.1.